The van der Waals surface area contributed by atoms with E-state index in [0.717, 1.165) is 37.5 Å². The molecule has 0 amide bonds. The molecule has 0 spiro atoms. The standard InChI is InChI=1S/C17H25N3O2/c1-18-17(6-9-21)10-15(17)14-4-7-20(8-5-14)16-3-2-13(12-22)11-19-16/h2-3,11-12,14-15,18,21H,4-10H2,1H3. The lowest BCUT2D eigenvalue weighted by atomic mass is 9.89. The van der Waals surface area contributed by atoms with Crippen LogP contribution in [0.15, 0.2) is 18.3 Å². The normalized spacial score (nSPS) is 28.6. The number of carbonyl (C=O) groups excluding carboxylic acids is 1. The fourth-order valence-corrected chi connectivity index (χ4v) is 4.04. The van der Waals surface area contributed by atoms with Crippen molar-refractivity contribution in [3.8, 4) is 0 Å². The predicted molar refractivity (Wildman–Crippen MR) is 86.2 cm³/mol. The van der Waals surface area contributed by atoms with Crippen molar-refractivity contribution in [1.29, 1.82) is 0 Å². The molecule has 0 bridgehead atoms. The molecular formula is C17H25N3O2. The van der Waals surface area contributed by atoms with E-state index in [2.05, 4.69) is 15.2 Å². The van der Waals surface area contributed by atoms with Crippen LogP contribution in [0.1, 0.15) is 36.0 Å². The molecule has 1 aliphatic carbocycles. The van der Waals surface area contributed by atoms with Crippen molar-refractivity contribution in [2.75, 3.05) is 31.6 Å². The number of anilines is 1. The van der Waals surface area contributed by atoms with Gasteiger partial charge in [0.25, 0.3) is 0 Å². The topological polar surface area (TPSA) is 65.5 Å². The van der Waals surface area contributed by atoms with E-state index in [1.54, 1.807) is 6.20 Å². The molecule has 2 heterocycles. The molecule has 2 fully saturated rings. The van der Waals surface area contributed by atoms with Crippen molar-refractivity contribution < 1.29 is 9.90 Å². The van der Waals surface area contributed by atoms with Crippen molar-refractivity contribution in [1.82, 2.24) is 10.3 Å². The van der Waals surface area contributed by atoms with Gasteiger partial charge in [0.2, 0.25) is 0 Å². The van der Waals surface area contributed by atoms with E-state index in [0.29, 0.717) is 11.5 Å². The number of aldehydes is 1. The number of hydrogen-bond donors (Lipinski definition) is 2. The molecule has 22 heavy (non-hydrogen) atoms. The van der Waals surface area contributed by atoms with Crippen LogP contribution >= 0.6 is 0 Å². The van der Waals surface area contributed by atoms with Gasteiger partial charge in [0.1, 0.15) is 5.82 Å². The second-order valence-corrected chi connectivity index (χ2v) is 6.58. The summed E-state index contributed by atoms with van der Waals surface area (Å²) in [6.45, 7) is 2.31. The fourth-order valence-electron chi connectivity index (χ4n) is 4.04. The van der Waals surface area contributed by atoms with Gasteiger partial charge in [0, 0.05) is 37.0 Å². The molecule has 1 aliphatic heterocycles. The lowest BCUT2D eigenvalue weighted by Gasteiger charge is -2.34. The van der Waals surface area contributed by atoms with E-state index in [4.69, 9.17) is 0 Å². The number of carbonyl (C=O) groups is 1. The first-order chi connectivity index (χ1) is 10.7. The van der Waals surface area contributed by atoms with E-state index in [1.165, 1.54) is 19.3 Å². The van der Waals surface area contributed by atoms with Gasteiger partial charge in [0.05, 0.1) is 0 Å². The molecule has 2 atom stereocenters. The van der Waals surface area contributed by atoms with Crippen LogP contribution in [0.5, 0.6) is 0 Å². The summed E-state index contributed by atoms with van der Waals surface area (Å²) >= 11 is 0. The molecule has 2 N–H and O–H groups in total. The molecule has 1 saturated carbocycles. The summed E-state index contributed by atoms with van der Waals surface area (Å²) in [5.41, 5.74) is 0.810. The van der Waals surface area contributed by atoms with Crippen LogP contribution in [0, 0.1) is 11.8 Å². The van der Waals surface area contributed by atoms with Crippen molar-refractivity contribution in [3.63, 3.8) is 0 Å². The second kappa shape index (κ2) is 6.34. The van der Waals surface area contributed by atoms with Crippen molar-refractivity contribution in [2.24, 2.45) is 11.8 Å². The third-order valence-electron chi connectivity index (χ3n) is 5.53. The monoisotopic (exact) mass is 303 g/mol. The SMILES string of the molecule is CNC1(CCO)CC1C1CCN(c2ccc(C=O)cn2)CC1. The van der Waals surface area contributed by atoms with Crippen LogP contribution in [0.25, 0.3) is 0 Å². The lowest BCUT2D eigenvalue weighted by Crippen LogP contribution is -2.38. The molecule has 0 radical (unpaired) electrons. The molecule has 1 aromatic rings. The van der Waals surface area contributed by atoms with Gasteiger partial charge >= 0.3 is 0 Å². The van der Waals surface area contributed by atoms with Crippen LogP contribution in [-0.4, -0.2) is 48.7 Å². The van der Waals surface area contributed by atoms with Crippen LogP contribution < -0.4 is 10.2 Å². The third kappa shape index (κ3) is 2.88. The maximum absolute atomic E-state index is 10.7. The quantitative estimate of drug-likeness (QED) is 0.779. The summed E-state index contributed by atoms with van der Waals surface area (Å²) in [7, 11) is 2.02. The summed E-state index contributed by atoms with van der Waals surface area (Å²) in [4.78, 5) is 17.4. The van der Waals surface area contributed by atoms with Gasteiger partial charge in [-0.1, -0.05) is 0 Å². The number of nitrogens with zero attached hydrogens (tertiary/aromatic N) is 2. The van der Waals surface area contributed by atoms with E-state index in [1.807, 2.05) is 19.2 Å². The number of aliphatic hydroxyl groups is 1. The largest absolute Gasteiger partial charge is 0.396 e. The molecule has 1 saturated heterocycles. The highest BCUT2D eigenvalue weighted by molar-refractivity contribution is 5.74. The molecule has 2 aliphatic rings. The molecule has 2 unspecified atom stereocenters. The fraction of sp³-hybridized carbons (Fsp3) is 0.647. The zero-order valence-electron chi connectivity index (χ0n) is 13.2. The summed E-state index contributed by atoms with van der Waals surface area (Å²) in [5, 5.41) is 12.7. The van der Waals surface area contributed by atoms with Crippen LogP contribution in [0.2, 0.25) is 0 Å². The Labute approximate surface area is 131 Å². The number of pyridine rings is 1. The minimum absolute atomic E-state index is 0.186. The molecule has 3 rings (SSSR count). The second-order valence-electron chi connectivity index (χ2n) is 6.58. The van der Waals surface area contributed by atoms with Gasteiger partial charge in [-0.05, 0) is 56.7 Å². The first-order valence-corrected chi connectivity index (χ1v) is 8.18. The number of nitrogens with one attached hydrogen (secondary N) is 1. The highest BCUT2D eigenvalue weighted by Gasteiger charge is 2.55. The van der Waals surface area contributed by atoms with Crippen LogP contribution in [0.3, 0.4) is 0 Å². The highest BCUT2D eigenvalue weighted by atomic mass is 16.3. The zero-order valence-corrected chi connectivity index (χ0v) is 13.2. The first kappa shape index (κ1) is 15.4. The van der Waals surface area contributed by atoms with Gasteiger partial charge in [-0.15, -0.1) is 0 Å². The Balaban J connectivity index is 1.55. The molecule has 0 aromatic carbocycles. The van der Waals surface area contributed by atoms with Gasteiger partial charge in [-0.2, -0.15) is 0 Å². The lowest BCUT2D eigenvalue weighted by molar-refractivity contribution is 0.112. The molecule has 5 nitrogen and oxygen atoms in total. The van der Waals surface area contributed by atoms with Gasteiger partial charge in [-0.3, -0.25) is 4.79 Å². The first-order valence-electron chi connectivity index (χ1n) is 8.18. The van der Waals surface area contributed by atoms with E-state index < -0.39 is 0 Å². The Hall–Kier alpha value is -1.46. The third-order valence-corrected chi connectivity index (χ3v) is 5.53. The number of piperidine rings is 1. The number of rotatable bonds is 6. The maximum Gasteiger partial charge on any atom is 0.151 e. The maximum atomic E-state index is 10.7. The number of aliphatic hydroxyl groups excluding tert-OH is 1. The van der Waals surface area contributed by atoms with Gasteiger partial charge < -0.3 is 15.3 Å². The summed E-state index contributed by atoms with van der Waals surface area (Å²) < 4.78 is 0. The van der Waals surface area contributed by atoms with E-state index in [9.17, 15) is 9.90 Å². The molecular weight excluding hydrogens is 278 g/mol. The van der Waals surface area contributed by atoms with E-state index in [-0.39, 0.29) is 12.1 Å². The smallest absolute Gasteiger partial charge is 0.151 e. The van der Waals surface area contributed by atoms with Gasteiger partial charge in [-0.25, -0.2) is 4.98 Å². The Bertz CT molecular complexity index is 511. The Morgan fingerprint density at radius 2 is 2.23 bits per heavy atom. The van der Waals surface area contributed by atoms with Crippen LogP contribution in [0.4, 0.5) is 5.82 Å². The highest BCUT2D eigenvalue weighted by Crippen LogP contribution is 2.53. The van der Waals surface area contributed by atoms with E-state index >= 15 is 0 Å². The predicted octanol–water partition coefficient (Wildman–Crippen LogP) is 1.47. The van der Waals surface area contributed by atoms with Crippen LogP contribution in [-0.2, 0) is 0 Å². The Kier molecular flexibility index (Phi) is 4.45. The molecule has 120 valence electrons. The van der Waals surface area contributed by atoms with Crippen molar-refractivity contribution in [2.45, 2.75) is 31.2 Å². The Morgan fingerprint density at radius 3 is 2.77 bits per heavy atom. The molecule has 1 aromatic heterocycles. The van der Waals surface area contributed by atoms with Crippen molar-refractivity contribution >= 4 is 12.1 Å². The average Bonchev–Trinajstić information content (AvgIpc) is 3.30. The Morgan fingerprint density at radius 1 is 1.45 bits per heavy atom. The number of aromatic nitrogens is 1. The average molecular weight is 303 g/mol. The zero-order chi connectivity index (χ0) is 15.6. The number of hydrogen-bond acceptors (Lipinski definition) is 5. The summed E-state index contributed by atoms with van der Waals surface area (Å²) in [5.74, 6) is 2.41. The summed E-state index contributed by atoms with van der Waals surface area (Å²) in [6, 6.07) is 3.76. The van der Waals surface area contributed by atoms with Gasteiger partial charge in [0.15, 0.2) is 6.29 Å². The molecule has 5 heteroatoms. The minimum Gasteiger partial charge on any atom is -0.396 e. The minimum atomic E-state index is 0.186. The summed E-state index contributed by atoms with van der Waals surface area (Å²) in [6.07, 6.45) is 6.88. The van der Waals surface area contributed by atoms with Crippen molar-refractivity contribution in [3.05, 3.63) is 23.9 Å².